The van der Waals surface area contributed by atoms with Gasteiger partial charge >= 0.3 is 5.69 Å². The first-order chi connectivity index (χ1) is 15.7. The fraction of sp³-hybridized carbons (Fsp3) is 0.167. The Labute approximate surface area is 193 Å². The molecule has 168 valence electrons. The van der Waals surface area contributed by atoms with Crippen molar-refractivity contribution in [2.24, 2.45) is 0 Å². The van der Waals surface area contributed by atoms with Gasteiger partial charge in [-0.05, 0) is 66.8 Å². The Kier molecular flexibility index (Phi) is 5.97. The van der Waals surface area contributed by atoms with E-state index < -0.39 is 17.2 Å². The van der Waals surface area contributed by atoms with Crippen molar-refractivity contribution in [2.45, 2.75) is 27.3 Å². The summed E-state index contributed by atoms with van der Waals surface area (Å²) in [5.74, 6) is -0.659. The summed E-state index contributed by atoms with van der Waals surface area (Å²) in [6, 6.07) is 13.7. The number of benzene rings is 2. The molecule has 0 saturated carbocycles. The van der Waals surface area contributed by atoms with Crippen molar-refractivity contribution in [3.8, 4) is 5.69 Å². The topological polar surface area (TPSA) is 102 Å². The zero-order valence-corrected chi connectivity index (χ0v) is 19.2. The summed E-state index contributed by atoms with van der Waals surface area (Å²) in [5.41, 5.74) is 2.89. The van der Waals surface area contributed by atoms with Gasteiger partial charge in [-0.15, -0.1) is 11.3 Å². The minimum atomic E-state index is -0.587. The molecule has 0 atom stereocenters. The van der Waals surface area contributed by atoms with Crippen LogP contribution in [0.2, 0.25) is 0 Å². The number of nitrogens with one attached hydrogen (secondary N) is 2. The number of amides is 2. The molecule has 2 heterocycles. The second-order valence-corrected chi connectivity index (χ2v) is 8.64. The van der Waals surface area contributed by atoms with E-state index in [-0.39, 0.29) is 12.5 Å². The minimum Gasteiger partial charge on any atom is -0.326 e. The molecule has 0 bridgehead atoms. The van der Waals surface area contributed by atoms with E-state index in [0.29, 0.717) is 27.3 Å². The largest absolute Gasteiger partial charge is 0.336 e. The molecule has 0 radical (unpaired) electrons. The van der Waals surface area contributed by atoms with Crippen LogP contribution in [-0.2, 0) is 16.1 Å². The molecule has 0 aliphatic rings. The highest BCUT2D eigenvalue weighted by atomic mass is 32.1. The molecule has 2 aromatic carbocycles. The van der Waals surface area contributed by atoms with Gasteiger partial charge in [0.2, 0.25) is 11.8 Å². The molecule has 0 fully saturated rings. The predicted molar refractivity (Wildman–Crippen MR) is 131 cm³/mol. The number of nitrogens with zero attached hydrogens (tertiary/aromatic N) is 2. The highest BCUT2D eigenvalue weighted by Gasteiger charge is 2.18. The average Bonchev–Trinajstić information content (AvgIpc) is 3.24. The lowest BCUT2D eigenvalue weighted by atomic mass is 10.1. The highest BCUT2D eigenvalue weighted by molar-refractivity contribution is 7.17. The standard InChI is InChI=1S/C24H22N4O4S/c1-14-7-8-19(11-15(14)2)28-23(31)22-20(9-10-33-22)27(24(28)32)13-21(30)26-18-6-4-5-17(12-18)25-16(3)29/h4-12H,13H2,1-3H3,(H,25,29)(H,26,30). The second-order valence-electron chi connectivity index (χ2n) is 7.72. The zero-order chi connectivity index (χ0) is 23.7. The zero-order valence-electron chi connectivity index (χ0n) is 18.3. The van der Waals surface area contributed by atoms with Crippen molar-refractivity contribution >= 4 is 44.7 Å². The number of carbonyl (C=O) groups excluding carboxylic acids is 2. The number of aromatic nitrogens is 2. The number of rotatable bonds is 5. The van der Waals surface area contributed by atoms with Crippen molar-refractivity contribution in [1.82, 2.24) is 9.13 Å². The maximum Gasteiger partial charge on any atom is 0.336 e. The number of thiophene rings is 1. The van der Waals surface area contributed by atoms with Crippen LogP contribution in [-0.4, -0.2) is 20.9 Å². The van der Waals surface area contributed by atoms with E-state index >= 15 is 0 Å². The van der Waals surface area contributed by atoms with Gasteiger partial charge < -0.3 is 10.6 Å². The van der Waals surface area contributed by atoms with Crippen molar-refractivity contribution in [3.63, 3.8) is 0 Å². The summed E-state index contributed by atoms with van der Waals surface area (Å²) in [6.07, 6.45) is 0. The Balaban J connectivity index is 1.72. The molecular formula is C24H22N4O4S. The number of aryl methyl sites for hydroxylation is 2. The van der Waals surface area contributed by atoms with Crippen LogP contribution in [0.3, 0.4) is 0 Å². The number of hydrogen-bond acceptors (Lipinski definition) is 5. The van der Waals surface area contributed by atoms with E-state index in [1.807, 2.05) is 19.9 Å². The van der Waals surface area contributed by atoms with Gasteiger partial charge in [0.05, 0.1) is 11.2 Å². The monoisotopic (exact) mass is 462 g/mol. The van der Waals surface area contributed by atoms with Crippen molar-refractivity contribution in [2.75, 3.05) is 10.6 Å². The molecule has 4 aromatic rings. The van der Waals surface area contributed by atoms with E-state index in [1.54, 1.807) is 47.8 Å². The smallest absolute Gasteiger partial charge is 0.326 e. The van der Waals surface area contributed by atoms with Crippen LogP contribution in [0.15, 0.2) is 63.5 Å². The second kappa shape index (κ2) is 8.87. The molecule has 0 saturated heterocycles. The van der Waals surface area contributed by atoms with E-state index in [2.05, 4.69) is 10.6 Å². The average molecular weight is 463 g/mol. The van der Waals surface area contributed by atoms with E-state index in [1.165, 1.54) is 22.8 Å². The van der Waals surface area contributed by atoms with Gasteiger partial charge in [0.25, 0.3) is 5.56 Å². The Bertz CT molecular complexity index is 1510. The third kappa shape index (κ3) is 4.49. The number of carbonyl (C=O) groups is 2. The SMILES string of the molecule is CC(=O)Nc1cccc(NC(=O)Cn2c(=O)n(-c3ccc(C)c(C)c3)c(=O)c3sccc32)c1. The summed E-state index contributed by atoms with van der Waals surface area (Å²) in [6.45, 7) is 4.98. The first kappa shape index (κ1) is 22.2. The van der Waals surface area contributed by atoms with Gasteiger partial charge in [-0.2, -0.15) is 0 Å². The summed E-state index contributed by atoms with van der Waals surface area (Å²) in [4.78, 5) is 50.6. The minimum absolute atomic E-state index is 0.224. The third-order valence-corrected chi connectivity index (χ3v) is 6.16. The quantitative estimate of drug-likeness (QED) is 0.474. The van der Waals surface area contributed by atoms with Crippen LogP contribution in [0.1, 0.15) is 18.1 Å². The van der Waals surface area contributed by atoms with Crippen LogP contribution in [0.25, 0.3) is 15.9 Å². The number of fused-ring (bicyclic) bond motifs is 1. The molecule has 9 heteroatoms. The molecule has 2 amide bonds. The van der Waals surface area contributed by atoms with Crippen molar-refractivity contribution in [3.05, 3.63) is 85.9 Å². The van der Waals surface area contributed by atoms with Gasteiger partial charge in [0.15, 0.2) is 0 Å². The molecule has 0 aliphatic heterocycles. The Morgan fingerprint density at radius 2 is 1.67 bits per heavy atom. The lowest BCUT2D eigenvalue weighted by molar-refractivity contribution is -0.117. The Hall–Kier alpha value is -3.98. The molecule has 33 heavy (non-hydrogen) atoms. The summed E-state index contributed by atoms with van der Waals surface area (Å²) in [7, 11) is 0. The van der Waals surface area contributed by atoms with Gasteiger partial charge in [-0.3, -0.25) is 19.0 Å². The van der Waals surface area contributed by atoms with Gasteiger partial charge in [-0.25, -0.2) is 9.36 Å². The van der Waals surface area contributed by atoms with Gasteiger partial charge in [0, 0.05) is 18.3 Å². The van der Waals surface area contributed by atoms with Gasteiger partial charge in [-0.1, -0.05) is 12.1 Å². The summed E-state index contributed by atoms with van der Waals surface area (Å²) >= 11 is 1.23. The molecule has 2 N–H and O–H groups in total. The first-order valence-corrected chi connectivity index (χ1v) is 11.1. The fourth-order valence-electron chi connectivity index (χ4n) is 3.55. The maximum atomic E-state index is 13.4. The molecule has 4 rings (SSSR count). The number of hydrogen-bond donors (Lipinski definition) is 2. The Morgan fingerprint density at radius 3 is 2.36 bits per heavy atom. The summed E-state index contributed by atoms with van der Waals surface area (Å²) < 4.78 is 2.80. The first-order valence-electron chi connectivity index (χ1n) is 10.2. The van der Waals surface area contributed by atoms with Crippen LogP contribution >= 0.6 is 11.3 Å². The normalized spacial score (nSPS) is 10.9. The lowest BCUT2D eigenvalue weighted by Gasteiger charge is -2.13. The fourth-order valence-corrected chi connectivity index (χ4v) is 4.38. The maximum absolute atomic E-state index is 13.4. The molecule has 0 unspecified atom stereocenters. The van der Waals surface area contributed by atoms with E-state index in [9.17, 15) is 19.2 Å². The van der Waals surface area contributed by atoms with E-state index in [4.69, 9.17) is 0 Å². The van der Waals surface area contributed by atoms with Crippen LogP contribution in [0.5, 0.6) is 0 Å². The van der Waals surface area contributed by atoms with Crippen LogP contribution in [0.4, 0.5) is 11.4 Å². The van der Waals surface area contributed by atoms with Gasteiger partial charge in [0.1, 0.15) is 11.2 Å². The molecule has 8 nitrogen and oxygen atoms in total. The third-order valence-electron chi connectivity index (χ3n) is 5.27. The van der Waals surface area contributed by atoms with Crippen LogP contribution in [0, 0.1) is 13.8 Å². The van der Waals surface area contributed by atoms with E-state index in [0.717, 1.165) is 15.7 Å². The summed E-state index contributed by atoms with van der Waals surface area (Å²) in [5, 5.41) is 7.12. The molecule has 2 aromatic heterocycles. The predicted octanol–water partition coefficient (Wildman–Crippen LogP) is 3.43. The van der Waals surface area contributed by atoms with Crippen LogP contribution < -0.4 is 21.9 Å². The lowest BCUT2D eigenvalue weighted by Crippen LogP contribution is -2.40. The molecule has 0 spiro atoms. The van der Waals surface area contributed by atoms with Crippen molar-refractivity contribution in [1.29, 1.82) is 0 Å². The molecular weight excluding hydrogens is 440 g/mol. The highest BCUT2D eigenvalue weighted by Crippen LogP contribution is 2.19. The Morgan fingerprint density at radius 1 is 0.939 bits per heavy atom. The molecule has 0 aliphatic carbocycles. The number of anilines is 2. The van der Waals surface area contributed by atoms with Crippen molar-refractivity contribution < 1.29 is 9.59 Å².